The highest BCUT2D eigenvalue weighted by Gasteiger charge is 2.38. The Morgan fingerprint density at radius 2 is 2.00 bits per heavy atom. The fraction of sp³-hybridized carbons (Fsp3) is 0.350. The Balaban J connectivity index is 1.46. The molecule has 8 nitrogen and oxygen atoms in total. The Morgan fingerprint density at radius 3 is 2.86 bits per heavy atom. The number of piperidine rings is 1. The van der Waals surface area contributed by atoms with E-state index < -0.39 is 0 Å². The quantitative estimate of drug-likeness (QED) is 0.730. The van der Waals surface area contributed by atoms with Crippen LogP contribution in [0.2, 0.25) is 0 Å². The van der Waals surface area contributed by atoms with E-state index in [1.54, 1.807) is 18.5 Å². The number of carbonyl (C=O) groups excluding carboxylic acids is 2. The number of hydrogen-bond donors (Lipinski definition) is 2. The van der Waals surface area contributed by atoms with Crippen molar-refractivity contribution in [2.75, 3.05) is 5.32 Å². The monoisotopic (exact) mass is 376 g/mol. The van der Waals surface area contributed by atoms with Gasteiger partial charge in [-0.05, 0) is 37.3 Å². The summed E-state index contributed by atoms with van der Waals surface area (Å²) < 4.78 is 2.02. The van der Waals surface area contributed by atoms with Gasteiger partial charge >= 0.3 is 0 Å². The van der Waals surface area contributed by atoms with E-state index in [0.717, 1.165) is 19.3 Å². The fourth-order valence-corrected chi connectivity index (χ4v) is 4.40. The van der Waals surface area contributed by atoms with E-state index in [0.29, 0.717) is 34.9 Å². The molecular weight excluding hydrogens is 356 g/mol. The van der Waals surface area contributed by atoms with Gasteiger partial charge in [0.25, 0.3) is 5.91 Å². The standard InChI is InChI=1S/C20H20N6O2/c27-16-9-12-6-7-15(14(8-12)24-16)26-11-23-17-18(21-10-22-19(17)26)25-20(28)13-4-2-1-3-5-13/h1-5,10-12,14-15H,6-9H2,(H,24,27)(H,21,22,25,28)/t12-,14-,15-/m0/s1. The predicted octanol–water partition coefficient (Wildman–Crippen LogP) is 2.31. The Hall–Kier alpha value is -3.29. The second-order valence-corrected chi connectivity index (χ2v) is 7.49. The molecule has 142 valence electrons. The van der Waals surface area contributed by atoms with Crippen LogP contribution in [0.5, 0.6) is 0 Å². The zero-order valence-corrected chi connectivity index (χ0v) is 15.2. The molecule has 5 rings (SSSR count). The second-order valence-electron chi connectivity index (χ2n) is 7.49. The van der Waals surface area contributed by atoms with Crippen LogP contribution in [0.3, 0.4) is 0 Å². The summed E-state index contributed by atoms with van der Waals surface area (Å²) >= 11 is 0. The first-order valence-electron chi connectivity index (χ1n) is 9.52. The molecule has 0 radical (unpaired) electrons. The molecule has 2 bridgehead atoms. The van der Waals surface area contributed by atoms with Crippen LogP contribution in [-0.4, -0.2) is 37.4 Å². The van der Waals surface area contributed by atoms with Gasteiger partial charge in [-0.15, -0.1) is 0 Å². The average molecular weight is 376 g/mol. The molecular formula is C20H20N6O2. The minimum atomic E-state index is -0.241. The summed E-state index contributed by atoms with van der Waals surface area (Å²) in [6.45, 7) is 0. The van der Waals surface area contributed by atoms with Crippen LogP contribution in [0.15, 0.2) is 43.0 Å². The first-order chi connectivity index (χ1) is 13.7. The molecule has 3 heterocycles. The van der Waals surface area contributed by atoms with Crippen molar-refractivity contribution in [3.05, 3.63) is 48.5 Å². The Kier molecular flexibility index (Phi) is 4.03. The van der Waals surface area contributed by atoms with E-state index >= 15 is 0 Å². The third-order valence-corrected chi connectivity index (χ3v) is 5.73. The van der Waals surface area contributed by atoms with Gasteiger partial charge in [-0.25, -0.2) is 15.0 Å². The summed E-state index contributed by atoms with van der Waals surface area (Å²) in [5.74, 6) is 0.745. The number of nitrogens with one attached hydrogen (secondary N) is 2. The third kappa shape index (κ3) is 2.90. The largest absolute Gasteiger partial charge is 0.351 e. The number of carbonyl (C=O) groups is 2. The van der Waals surface area contributed by atoms with Crippen LogP contribution in [0.1, 0.15) is 42.1 Å². The van der Waals surface area contributed by atoms with Gasteiger partial charge in [0.15, 0.2) is 17.0 Å². The summed E-state index contributed by atoms with van der Waals surface area (Å²) in [4.78, 5) is 37.5. The number of imidazole rings is 1. The van der Waals surface area contributed by atoms with Crippen molar-refractivity contribution in [2.24, 2.45) is 5.92 Å². The molecule has 3 atom stereocenters. The minimum Gasteiger partial charge on any atom is -0.351 e. The van der Waals surface area contributed by atoms with Gasteiger partial charge < -0.3 is 15.2 Å². The van der Waals surface area contributed by atoms with Crippen molar-refractivity contribution in [2.45, 2.75) is 37.8 Å². The lowest BCUT2D eigenvalue weighted by Gasteiger charge is -2.40. The third-order valence-electron chi connectivity index (χ3n) is 5.73. The normalized spacial score (nSPS) is 24.0. The molecule has 2 aromatic heterocycles. The molecule has 3 aromatic rings. The summed E-state index contributed by atoms with van der Waals surface area (Å²) in [6.07, 6.45) is 6.79. The molecule has 28 heavy (non-hydrogen) atoms. The lowest BCUT2D eigenvalue weighted by atomic mass is 9.77. The van der Waals surface area contributed by atoms with Gasteiger partial charge in [0.1, 0.15) is 6.33 Å². The molecule has 0 unspecified atom stereocenters. The fourth-order valence-electron chi connectivity index (χ4n) is 4.40. The van der Waals surface area contributed by atoms with Gasteiger partial charge in [0, 0.05) is 18.0 Å². The molecule has 8 heteroatoms. The number of nitrogens with zero attached hydrogens (tertiary/aromatic N) is 4. The van der Waals surface area contributed by atoms with Crippen molar-refractivity contribution >= 4 is 28.8 Å². The van der Waals surface area contributed by atoms with E-state index in [2.05, 4.69) is 25.6 Å². The molecule has 2 fully saturated rings. The van der Waals surface area contributed by atoms with E-state index in [1.165, 1.54) is 6.33 Å². The van der Waals surface area contributed by atoms with Crippen LogP contribution in [-0.2, 0) is 4.79 Å². The molecule has 1 aliphatic heterocycles. The minimum absolute atomic E-state index is 0.0923. The maximum atomic E-state index is 12.5. The van der Waals surface area contributed by atoms with Crippen LogP contribution < -0.4 is 10.6 Å². The summed E-state index contributed by atoms with van der Waals surface area (Å²) in [5, 5.41) is 5.95. The number of rotatable bonds is 3. The number of aromatic nitrogens is 4. The number of benzene rings is 1. The number of amides is 2. The molecule has 1 aliphatic carbocycles. The van der Waals surface area contributed by atoms with E-state index in [-0.39, 0.29) is 23.9 Å². The van der Waals surface area contributed by atoms with E-state index in [4.69, 9.17) is 0 Å². The zero-order chi connectivity index (χ0) is 19.1. The van der Waals surface area contributed by atoms with Gasteiger partial charge in [-0.2, -0.15) is 0 Å². The number of anilines is 1. The van der Waals surface area contributed by atoms with Crippen LogP contribution >= 0.6 is 0 Å². The van der Waals surface area contributed by atoms with Crippen LogP contribution in [0.25, 0.3) is 11.2 Å². The lowest BCUT2D eigenvalue weighted by Crippen LogP contribution is -2.49. The molecule has 1 saturated heterocycles. The Morgan fingerprint density at radius 1 is 1.14 bits per heavy atom. The summed E-state index contributed by atoms with van der Waals surface area (Å²) in [5.41, 5.74) is 1.77. The Labute approximate surface area is 161 Å². The van der Waals surface area contributed by atoms with Crippen LogP contribution in [0.4, 0.5) is 5.82 Å². The van der Waals surface area contributed by atoms with Crippen molar-refractivity contribution in [3.8, 4) is 0 Å². The molecule has 2 aliphatic rings. The highest BCUT2D eigenvalue weighted by Crippen LogP contribution is 2.38. The van der Waals surface area contributed by atoms with Crippen molar-refractivity contribution in [1.82, 2.24) is 24.8 Å². The van der Waals surface area contributed by atoms with Crippen LogP contribution in [0, 0.1) is 5.92 Å². The first kappa shape index (κ1) is 16.9. The van der Waals surface area contributed by atoms with Crippen molar-refractivity contribution in [1.29, 1.82) is 0 Å². The smallest absolute Gasteiger partial charge is 0.256 e. The van der Waals surface area contributed by atoms with Gasteiger partial charge in [-0.3, -0.25) is 9.59 Å². The van der Waals surface area contributed by atoms with Gasteiger partial charge in [0.05, 0.1) is 12.4 Å². The predicted molar refractivity (Wildman–Crippen MR) is 103 cm³/mol. The molecule has 2 amide bonds. The van der Waals surface area contributed by atoms with E-state index in [9.17, 15) is 9.59 Å². The molecule has 2 N–H and O–H groups in total. The van der Waals surface area contributed by atoms with Crippen molar-refractivity contribution < 1.29 is 9.59 Å². The topological polar surface area (TPSA) is 102 Å². The Bertz CT molecular complexity index is 1050. The second kappa shape index (κ2) is 6.70. The molecule has 0 spiro atoms. The summed E-state index contributed by atoms with van der Waals surface area (Å²) in [7, 11) is 0. The summed E-state index contributed by atoms with van der Waals surface area (Å²) in [6, 6.07) is 9.18. The van der Waals surface area contributed by atoms with Crippen molar-refractivity contribution in [3.63, 3.8) is 0 Å². The number of fused-ring (bicyclic) bond motifs is 3. The zero-order valence-electron chi connectivity index (χ0n) is 15.2. The SMILES string of the molecule is O=C1C[C@H]2CC[C@H](n3cnc4c(NC(=O)c5ccccc5)ncnc43)[C@H](C2)N1. The highest BCUT2D eigenvalue weighted by atomic mass is 16.2. The molecule has 1 saturated carbocycles. The maximum Gasteiger partial charge on any atom is 0.256 e. The van der Waals surface area contributed by atoms with Gasteiger partial charge in [0.2, 0.25) is 5.91 Å². The maximum absolute atomic E-state index is 12.5. The number of hydrogen-bond acceptors (Lipinski definition) is 5. The lowest BCUT2D eigenvalue weighted by molar-refractivity contribution is -0.126. The average Bonchev–Trinajstić information content (AvgIpc) is 3.13. The highest BCUT2D eigenvalue weighted by molar-refractivity contribution is 6.06. The van der Waals surface area contributed by atoms with Gasteiger partial charge in [-0.1, -0.05) is 18.2 Å². The van der Waals surface area contributed by atoms with E-state index in [1.807, 2.05) is 22.8 Å². The molecule has 1 aromatic carbocycles. The first-order valence-corrected chi connectivity index (χ1v) is 9.52.